The highest BCUT2D eigenvalue weighted by Gasteiger charge is 2.16. The van der Waals surface area contributed by atoms with Gasteiger partial charge < -0.3 is 13.9 Å². The van der Waals surface area contributed by atoms with Crippen molar-refractivity contribution < 1.29 is 23.5 Å². The molecule has 3 heterocycles. The molecule has 194 valence electrons. The van der Waals surface area contributed by atoms with Gasteiger partial charge in [0, 0.05) is 24.4 Å². The minimum Gasteiger partial charge on any atom is -0.478 e. The van der Waals surface area contributed by atoms with Crippen molar-refractivity contribution >= 4 is 29.7 Å². The molecule has 0 fully saturated rings. The van der Waals surface area contributed by atoms with E-state index >= 15 is 0 Å². The van der Waals surface area contributed by atoms with Gasteiger partial charge in [-0.25, -0.2) is 4.79 Å². The van der Waals surface area contributed by atoms with Gasteiger partial charge in [-0.2, -0.15) is 10.2 Å². The van der Waals surface area contributed by atoms with Crippen molar-refractivity contribution in [3.8, 4) is 11.3 Å². The van der Waals surface area contributed by atoms with Crippen LogP contribution in [0.3, 0.4) is 0 Å². The fraction of sp³-hybridized carbons (Fsp3) is 0.0667. The molecule has 3 aromatic heterocycles. The van der Waals surface area contributed by atoms with E-state index in [1.807, 2.05) is 47.3 Å². The van der Waals surface area contributed by atoms with Crippen LogP contribution in [0.25, 0.3) is 17.4 Å². The third kappa shape index (κ3) is 5.94. The summed E-state index contributed by atoms with van der Waals surface area (Å²) in [6, 6.07) is 21.6. The predicted octanol–water partition coefficient (Wildman–Crippen LogP) is 5.61. The average Bonchev–Trinajstić information content (AvgIpc) is 3.74. The van der Waals surface area contributed by atoms with E-state index < -0.39 is 5.97 Å². The van der Waals surface area contributed by atoms with Crippen LogP contribution < -0.4 is 5.01 Å². The molecule has 0 bridgehead atoms. The lowest BCUT2D eigenvalue weighted by Crippen LogP contribution is -2.16. The largest absolute Gasteiger partial charge is 0.478 e. The smallest absolute Gasteiger partial charge is 0.335 e. The number of aromatic carboxylic acids is 1. The highest BCUT2D eigenvalue weighted by Crippen LogP contribution is 2.25. The van der Waals surface area contributed by atoms with Crippen molar-refractivity contribution in [2.45, 2.75) is 6.54 Å². The Morgan fingerprint density at radius 3 is 2.67 bits per heavy atom. The first-order chi connectivity index (χ1) is 19.0. The maximum Gasteiger partial charge on any atom is 0.335 e. The van der Waals surface area contributed by atoms with Gasteiger partial charge in [0.05, 0.1) is 42.1 Å². The first-order valence-corrected chi connectivity index (χ1v) is 12.0. The van der Waals surface area contributed by atoms with E-state index in [0.717, 1.165) is 11.1 Å². The van der Waals surface area contributed by atoms with Crippen molar-refractivity contribution in [2.24, 2.45) is 5.10 Å². The summed E-state index contributed by atoms with van der Waals surface area (Å²) in [5.74, 6) is 0.0156. The fourth-order valence-electron chi connectivity index (χ4n) is 3.97. The lowest BCUT2D eigenvalue weighted by molar-refractivity contribution is -0.104. The molecule has 39 heavy (non-hydrogen) atoms. The number of carbonyl (C=O) groups is 2. The van der Waals surface area contributed by atoms with E-state index in [-0.39, 0.29) is 11.1 Å². The number of hydrogen-bond donors (Lipinski definition) is 1. The molecule has 0 unspecified atom stereocenters. The van der Waals surface area contributed by atoms with E-state index in [0.29, 0.717) is 41.3 Å². The Morgan fingerprint density at radius 2 is 1.92 bits per heavy atom. The number of aromatic nitrogens is 2. The summed E-state index contributed by atoms with van der Waals surface area (Å²) in [6.45, 7) is 0.636. The van der Waals surface area contributed by atoms with Crippen LogP contribution >= 0.6 is 0 Å². The van der Waals surface area contributed by atoms with E-state index in [2.05, 4.69) is 10.2 Å². The van der Waals surface area contributed by atoms with Gasteiger partial charge in [0.2, 0.25) is 0 Å². The standard InChI is InChI=1S/C30H24N4O5/c1-33(26-9-5-8-22(14-26)30(36)37)32-29(23-12-13-38-20-23)24(19-35)15-27-10-11-28(39-27)25-16-31-34(18-25)17-21-6-3-2-4-7-21/h2-16,18-20H,17H2,1H3,(H,36,37)/b24-15+,32-29-. The van der Waals surface area contributed by atoms with Gasteiger partial charge in [-0.05, 0) is 48.0 Å². The Bertz CT molecular complexity index is 1650. The number of allylic oxidation sites excluding steroid dienone is 1. The molecular formula is C30H24N4O5. The van der Waals surface area contributed by atoms with Gasteiger partial charge in [-0.15, -0.1) is 0 Å². The molecule has 5 rings (SSSR count). The van der Waals surface area contributed by atoms with Crippen LogP contribution in [-0.2, 0) is 11.3 Å². The molecule has 5 aromatic rings. The first kappa shape index (κ1) is 25.2. The summed E-state index contributed by atoms with van der Waals surface area (Å²) in [5.41, 5.74) is 3.75. The molecule has 2 aromatic carbocycles. The summed E-state index contributed by atoms with van der Waals surface area (Å²) in [7, 11) is 1.67. The Balaban J connectivity index is 1.43. The SMILES string of the molecule is CN(/N=C(\C(C=O)=C\c1ccc(-c2cnn(Cc3ccccc3)c2)o1)c1ccoc1)c1cccc(C(=O)O)c1. The zero-order valence-corrected chi connectivity index (χ0v) is 21.0. The Kier molecular flexibility index (Phi) is 7.31. The van der Waals surface area contributed by atoms with Crippen molar-refractivity contribution in [2.75, 3.05) is 12.1 Å². The average molecular weight is 521 g/mol. The van der Waals surface area contributed by atoms with Crippen LogP contribution in [0.5, 0.6) is 0 Å². The summed E-state index contributed by atoms with van der Waals surface area (Å²) in [6.07, 6.45) is 8.88. The van der Waals surface area contributed by atoms with Gasteiger partial charge in [0.15, 0.2) is 6.29 Å². The monoisotopic (exact) mass is 520 g/mol. The van der Waals surface area contributed by atoms with E-state index in [9.17, 15) is 14.7 Å². The van der Waals surface area contributed by atoms with Gasteiger partial charge in [-0.1, -0.05) is 36.4 Å². The number of hydrazone groups is 1. The third-order valence-corrected chi connectivity index (χ3v) is 5.94. The van der Waals surface area contributed by atoms with Crippen LogP contribution in [0.15, 0.2) is 117 Å². The van der Waals surface area contributed by atoms with Crippen LogP contribution in [-0.4, -0.2) is 39.9 Å². The number of furan rings is 2. The second kappa shape index (κ2) is 11.3. The second-order valence-corrected chi connectivity index (χ2v) is 8.67. The first-order valence-electron chi connectivity index (χ1n) is 12.0. The fourth-order valence-corrected chi connectivity index (χ4v) is 3.97. The summed E-state index contributed by atoms with van der Waals surface area (Å²) in [5, 5.41) is 19.9. The van der Waals surface area contributed by atoms with E-state index in [1.165, 1.54) is 29.7 Å². The molecule has 0 saturated carbocycles. The number of carboxylic acid groups (broad SMARTS) is 1. The van der Waals surface area contributed by atoms with Crippen LogP contribution in [0.4, 0.5) is 5.69 Å². The van der Waals surface area contributed by atoms with Crippen LogP contribution in [0, 0.1) is 0 Å². The summed E-state index contributed by atoms with van der Waals surface area (Å²) >= 11 is 0. The molecule has 0 aliphatic carbocycles. The molecule has 0 amide bonds. The number of anilines is 1. The maximum atomic E-state index is 12.2. The Morgan fingerprint density at radius 1 is 1.08 bits per heavy atom. The van der Waals surface area contributed by atoms with Gasteiger partial charge >= 0.3 is 5.97 Å². The minimum atomic E-state index is -1.04. The number of benzene rings is 2. The van der Waals surface area contributed by atoms with Crippen LogP contribution in [0.2, 0.25) is 0 Å². The highest BCUT2D eigenvalue weighted by molar-refractivity contribution is 6.25. The predicted molar refractivity (Wildman–Crippen MR) is 147 cm³/mol. The summed E-state index contributed by atoms with van der Waals surface area (Å²) in [4.78, 5) is 23.6. The highest BCUT2D eigenvalue weighted by atomic mass is 16.4. The van der Waals surface area contributed by atoms with E-state index in [4.69, 9.17) is 8.83 Å². The van der Waals surface area contributed by atoms with Crippen LogP contribution in [0.1, 0.15) is 27.2 Å². The van der Waals surface area contributed by atoms with E-state index in [1.54, 1.807) is 43.6 Å². The Labute approximate surface area is 223 Å². The Hall–Kier alpha value is -5.44. The molecule has 0 spiro atoms. The molecule has 9 nitrogen and oxygen atoms in total. The normalized spacial score (nSPS) is 11.9. The molecular weight excluding hydrogens is 496 g/mol. The quantitative estimate of drug-likeness (QED) is 0.110. The number of aldehydes is 1. The molecule has 9 heteroatoms. The zero-order chi connectivity index (χ0) is 27.2. The minimum absolute atomic E-state index is 0.126. The van der Waals surface area contributed by atoms with Gasteiger partial charge in [0.25, 0.3) is 0 Å². The lowest BCUT2D eigenvalue weighted by atomic mass is 10.1. The van der Waals surface area contributed by atoms with Gasteiger partial charge in [-0.3, -0.25) is 14.5 Å². The molecule has 1 N–H and O–H groups in total. The molecule has 0 saturated heterocycles. The number of carboxylic acids is 1. The molecule has 0 aliphatic rings. The van der Waals surface area contributed by atoms with Crippen molar-refractivity contribution in [1.82, 2.24) is 9.78 Å². The number of rotatable bonds is 10. The maximum absolute atomic E-state index is 12.2. The van der Waals surface area contributed by atoms with Crippen molar-refractivity contribution in [3.05, 3.63) is 126 Å². The van der Waals surface area contributed by atoms with Crippen molar-refractivity contribution in [1.29, 1.82) is 0 Å². The van der Waals surface area contributed by atoms with Crippen molar-refractivity contribution in [3.63, 3.8) is 0 Å². The topological polar surface area (TPSA) is 114 Å². The molecule has 0 aliphatic heterocycles. The second-order valence-electron chi connectivity index (χ2n) is 8.67. The number of nitrogens with zero attached hydrogens (tertiary/aromatic N) is 4. The summed E-state index contributed by atoms with van der Waals surface area (Å²) < 4.78 is 13.1. The zero-order valence-electron chi connectivity index (χ0n) is 21.0. The lowest BCUT2D eigenvalue weighted by Gasteiger charge is -2.16. The molecule has 0 radical (unpaired) electrons. The number of carbonyl (C=O) groups excluding carboxylic acids is 1. The third-order valence-electron chi connectivity index (χ3n) is 5.94. The molecule has 0 atom stereocenters. The van der Waals surface area contributed by atoms with Gasteiger partial charge in [0.1, 0.15) is 17.2 Å². The number of hydrogen-bond acceptors (Lipinski definition) is 7.